The molecule has 1 saturated carbocycles. The molecule has 3 atom stereocenters. The highest BCUT2D eigenvalue weighted by Gasteiger charge is 2.27. The molecule has 0 aliphatic heterocycles. The van der Waals surface area contributed by atoms with Crippen molar-refractivity contribution in [2.75, 3.05) is 7.11 Å². The van der Waals surface area contributed by atoms with E-state index < -0.39 is 0 Å². The van der Waals surface area contributed by atoms with E-state index in [9.17, 15) is 4.79 Å². The largest absolute Gasteiger partial charge is 0.497 e. The second-order valence-electron chi connectivity index (χ2n) is 6.54. The summed E-state index contributed by atoms with van der Waals surface area (Å²) >= 11 is 0. The van der Waals surface area contributed by atoms with Gasteiger partial charge in [-0.2, -0.15) is 4.98 Å². The number of rotatable bonds is 6. The van der Waals surface area contributed by atoms with Gasteiger partial charge in [-0.1, -0.05) is 23.7 Å². The van der Waals surface area contributed by atoms with Gasteiger partial charge in [-0.3, -0.25) is 4.79 Å². The predicted octanol–water partition coefficient (Wildman–Crippen LogP) is 2.44. The van der Waals surface area contributed by atoms with Crippen LogP contribution in [0.2, 0.25) is 0 Å². The zero-order valence-corrected chi connectivity index (χ0v) is 14.6. The summed E-state index contributed by atoms with van der Waals surface area (Å²) in [6.45, 7) is 1.83. The van der Waals surface area contributed by atoms with Crippen molar-refractivity contribution in [1.29, 1.82) is 0 Å². The van der Waals surface area contributed by atoms with Crippen molar-refractivity contribution in [3.8, 4) is 17.1 Å². The molecule has 1 fully saturated rings. The molecule has 0 spiro atoms. The first-order valence-corrected chi connectivity index (χ1v) is 8.60. The molecule has 0 saturated heterocycles. The van der Waals surface area contributed by atoms with Crippen LogP contribution in [0, 0.1) is 5.92 Å². The topological polar surface area (TPSA) is 103 Å². The fourth-order valence-electron chi connectivity index (χ4n) is 3.21. The van der Waals surface area contributed by atoms with Crippen LogP contribution < -0.4 is 15.8 Å². The third-order valence-electron chi connectivity index (χ3n) is 4.68. The molecule has 1 aliphatic rings. The summed E-state index contributed by atoms with van der Waals surface area (Å²) in [5.41, 5.74) is 6.83. The van der Waals surface area contributed by atoms with Crippen LogP contribution in [0.1, 0.15) is 44.5 Å². The standard InChI is InChI=1S/C18H24N4O3/c1-11(20-16(23)10-12-5-4-8-15(12)19)18-21-17(22-25-18)13-6-3-7-14(9-13)24-2/h3,6-7,9,11-12,15H,4-5,8,10,19H2,1-2H3,(H,20,23)/t11?,12-,15+/m0/s1. The molecule has 134 valence electrons. The van der Waals surface area contributed by atoms with Crippen molar-refractivity contribution in [2.45, 2.75) is 44.7 Å². The van der Waals surface area contributed by atoms with Gasteiger partial charge in [-0.25, -0.2) is 0 Å². The van der Waals surface area contributed by atoms with Gasteiger partial charge in [0, 0.05) is 18.0 Å². The number of carbonyl (C=O) groups excluding carboxylic acids is 1. The maximum absolute atomic E-state index is 12.2. The van der Waals surface area contributed by atoms with E-state index in [4.69, 9.17) is 15.0 Å². The number of aromatic nitrogens is 2. The molecule has 0 bridgehead atoms. The third kappa shape index (κ3) is 4.17. The average Bonchev–Trinajstić information content (AvgIpc) is 3.25. The van der Waals surface area contributed by atoms with Crippen LogP contribution in [0.3, 0.4) is 0 Å². The van der Waals surface area contributed by atoms with Gasteiger partial charge >= 0.3 is 0 Å². The van der Waals surface area contributed by atoms with Gasteiger partial charge in [0.05, 0.1) is 7.11 Å². The Morgan fingerprint density at radius 1 is 1.48 bits per heavy atom. The molecule has 25 heavy (non-hydrogen) atoms. The number of ether oxygens (including phenoxy) is 1. The summed E-state index contributed by atoms with van der Waals surface area (Å²) in [4.78, 5) is 16.6. The zero-order valence-electron chi connectivity index (χ0n) is 14.6. The minimum absolute atomic E-state index is 0.0315. The lowest BCUT2D eigenvalue weighted by atomic mass is 10.00. The van der Waals surface area contributed by atoms with Crippen LogP contribution in [-0.4, -0.2) is 29.2 Å². The Bertz CT molecular complexity index is 731. The van der Waals surface area contributed by atoms with E-state index in [2.05, 4.69) is 15.5 Å². The molecule has 1 aromatic carbocycles. The Morgan fingerprint density at radius 3 is 3.04 bits per heavy atom. The number of hydrogen-bond donors (Lipinski definition) is 2. The van der Waals surface area contributed by atoms with Gasteiger partial charge in [0.2, 0.25) is 17.6 Å². The molecule has 0 radical (unpaired) electrons. The van der Waals surface area contributed by atoms with E-state index in [0.717, 1.165) is 30.6 Å². The molecule has 1 aliphatic carbocycles. The van der Waals surface area contributed by atoms with Crippen molar-refractivity contribution in [3.05, 3.63) is 30.2 Å². The predicted molar refractivity (Wildman–Crippen MR) is 92.8 cm³/mol. The number of nitrogens with one attached hydrogen (secondary N) is 1. The number of benzene rings is 1. The van der Waals surface area contributed by atoms with Crippen LogP contribution in [0.5, 0.6) is 5.75 Å². The van der Waals surface area contributed by atoms with Crippen LogP contribution in [0.15, 0.2) is 28.8 Å². The molecule has 3 N–H and O–H groups in total. The van der Waals surface area contributed by atoms with E-state index in [-0.39, 0.29) is 23.9 Å². The summed E-state index contributed by atoms with van der Waals surface area (Å²) in [5, 5.41) is 6.91. The molecule has 3 rings (SSSR count). The van der Waals surface area contributed by atoms with Crippen molar-refractivity contribution in [1.82, 2.24) is 15.5 Å². The molecular formula is C18H24N4O3. The van der Waals surface area contributed by atoms with Crippen molar-refractivity contribution in [3.63, 3.8) is 0 Å². The van der Waals surface area contributed by atoms with Crippen molar-refractivity contribution < 1.29 is 14.1 Å². The number of amides is 1. The first-order valence-electron chi connectivity index (χ1n) is 8.60. The highest BCUT2D eigenvalue weighted by Crippen LogP contribution is 2.27. The van der Waals surface area contributed by atoms with Gasteiger partial charge < -0.3 is 20.3 Å². The molecule has 7 heteroatoms. The molecule has 1 amide bonds. The van der Waals surface area contributed by atoms with Crippen molar-refractivity contribution in [2.24, 2.45) is 11.7 Å². The number of carbonyl (C=O) groups is 1. The van der Waals surface area contributed by atoms with Crippen LogP contribution in [0.4, 0.5) is 0 Å². The van der Waals surface area contributed by atoms with Crippen LogP contribution in [-0.2, 0) is 4.79 Å². The summed E-state index contributed by atoms with van der Waals surface area (Å²) in [6, 6.07) is 7.20. The van der Waals surface area contributed by atoms with Gasteiger partial charge in [0.1, 0.15) is 11.8 Å². The Hall–Kier alpha value is -2.41. The first kappa shape index (κ1) is 17.4. The van der Waals surface area contributed by atoms with E-state index in [1.807, 2.05) is 31.2 Å². The lowest BCUT2D eigenvalue weighted by molar-refractivity contribution is -0.122. The Balaban J connectivity index is 1.62. The highest BCUT2D eigenvalue weighted by atomic mass is 16.5. The fraction of sp³-hybridized carbons (Fsp3) is 0.500. The maximum atomic E-state index is 12.2. The lowest BCUT2D eigenvalue weighted by Crippen LogP contribution is -2.33. The summed E-state index contributed by atoms with van der Waals surface area (Å²) in [6.07, 6.45) is 3.56. The summed E-state index contributed by atoms with van der Waals surface area (Å²) in [7, 11) is 1.61. The number of methoxy groups -OCH3 is 1. The minimum atomic E-state index is -0.350. The van der Waals surface area contributed by atoms with E-state index in [0.29, 0.717) is 18.1 Å². The third-order valence-corrected chi connectivity index (χ3v) is 4.68. The Kier molecular flexibility index (Phi) is 5.33. The SMILES string of the molecule is COc1cccc(-c2noc(C(C)NC(=O)C[C@@H]3CCC[C@H]3N)n2)c1. The first-order chi connectivity index (χ1) is 12.1. The zero-order chi connectivity index (χ0) is 17.8. The maximum Gasteiger partial charge on any atom is 0.249 e. The van der Waals surface area contributed by atoms with Crippen LogP contribution in [0.25, 0.3) is 11.4 Å². The Labute approximate surface area is 146 Å². The summed E-state index contributed by atoms with van der Waals surface area (Å²) < 4.78 is 10.5. The molecule has 1 heterocycles. The normalized spacial score (nSPS) is 21.1. The second kappa shape index (κ2) is 7.65. The average molecular weight is 344 g/mol. The molecule has 1 unspecified atom stereocenters. The highest BCUT2D eigenvalue weighted by molar-refractivity contribution is 5.76. The minimum Gasteiger partial charge on any atom is -0.497 e. The Morgan fingerprint density at radius 2 is 2.32 bits per heavy atom. The number of nitrogens with zero attached hydrogens (tertiary/aromatic N) is 2. The number of nitrogens with two attached hydrogens (primary N) is 1. The van der Waals surface area contributed by atoms with Gasteiger partial charge in [-0.05, 0) is 37.8 Å². The van der Waals surface area contributed by atoms with Gasteiger partial charge in [0.15, 0.2) is 0 Å². The molecule has 7 nitrogen and oxygen atoms in total. The smallest absolute Gasteiger partial charge is 0.249 e. The molecular weight excluding hydrogens is 320 g/mol. The monoisotopic (exact) mass is 344 g/mol. The second-order valence-corrected chi connectivity index (χ2v) is 6.54. The molecule has 2 aromatic rings. The van der Waals surface area contributed by atoms with Gasteiger partial charge in [0.25, 0.3) is 0 Å². The quantitative estimate of drug-likeness (QED) is 0.834. The molecule has 1 aromatic heterocycles. The van der Waals surface area contributed by atoms with Crippen LogP contribution >= 0.6 is 0 Å². The number of hydrogen-bond acceptors (Lipinski definition) is 6. The van der Waals surface area contributed by atoms with Crippen molar-refractivity contribution >= 4 is 5.91 Å². The lowest BCUT2D eigenvalue weighted by Gasteiger charge is -2.16. The fourth-order valence-corrected chi connectivity index (χ4v) is 3.21. The van der Waals surface area contributed by atoms with E-state index >= 15 is 0 Å². The van der Waals surface area contributed by atoms with E-state index in [1.165, 1.54) is 0 Å². The van der Waals surface area contributed by atoms with E-state index in [1.54, 1.807) is 7.11 Å². The summed E-state index contributed by atoms with van der Waals surface area (Å²) in [5.74, 6) is 1.80. The van der Waals surface area contributed by atoms with Gasteiger partial charge in [-0.15, -0.1) is 0 Å².